The fourth-order valence-corrected chi connectivity index (χ4v) is 1.80. The van der Waals surface area contributed by atoms with Crippen LogP contribution in [0.25, 0.3) is 0 Å². The second-order valence-corrected chi connectivity index (χ2v) is 5.24. The molecule has 4 heteroatoms. The van der Waals surface area contributed by atoms with Gasteiger partial charge in [-0.1, -0.05) is 22.0 Å². The summed E-state index contributed by atoms with van der Waals surface area (Å²) in [5.41, 5.74) is 1.22. The molecule has 1 rings (SSSR count). The molecule has 0 aliphatic rings. The third-order valence-electron chi connectivity index (χ3n) is 2.05. The highest BCUT2D eigenvalue weighted by Crippen LogP contribution is 2.12. The Kier molecular flexibility index (Phi) is 5.77. The molecule has 15 heavy (non-hydrogen) atoms. The molecule has 0 aromatic heterocycles. The lowest BCUT2D eigenvalue weighted by Gasteiger charge is -2.11. The van der Waals surface area contributed by atoms with Crippen molar-refractivity contribution in [2.75, 3.05) is 27.2 Å². The van der Waals surface area contributed by atoms with Crippen LogP contribution in [0.2, 0.25) is 0 Å². The van der Waals surface area contributed by atoms with Gasteiger partial charge in [0, 0.05) is 11.0 Å². The number of hydrogen-bond acceptors (Lipinski definition) is 2. The minimum absolute atomic E-state index is 0.673. The molecular weight excluding hydrogens is 273 g/mol. The molecule has 1 aromatic carbocycles. The molecule has 0 spiro atoms. The SMILES string of the molecule is CN(C)CCOCc1cc(Br)ccc1P. The van der Waals surface area contributed by atoms with Gasteiger partial charge in [0.2, 0.25) is 0 Å². The van der Waals surface area contributed by atoms with E-state index >= 15 is 0 Å². The van der Waals surface area contributed by atoms with Gasteiger partial charge in [-0.15, -0.1) is 9.24 Å². The largest absolute Gasteiger partial charge is 0.375 e. The Morgan fingerprint density at radius 1 is 1.40 bits per heavy atom. The summed E-state index contributed by atoms with van der Waals surface area (Å²) in [6.07, 6.45) is 0. The molecular formula is C11H17BrNOP. The van der Waals surface area contributed by atoms with Crippen LogP contribution in [0.3, 0.4) is 0 Å². The summed E-state index contributed by atoms with van der Waals surface area (Å²) in [6, 6.07) is 6.20. The van der Waals surface area contributed by atoms with E-state index in [1.165, 1.54) is 10.9 Å². The zero-order valence-corrected chi connectivity index (χ0v) is 11.9. The predicted octanol–water partition coefficient (Wildman–Crippen LogP) is 2.03. The van der Waals surface area contributed by atoms with E-state index in [0.29, 0.717) is 6.61 Å². The topological polar surface area (TPSA) is 12.5 Å². The number of nitrogens with zero attached hydrogens (tertiary/aromatic N) is 1. The standard InChI is InChI=1S/C11H17BrNOP/c1-13(2)5-6-14-8-9-7-10(12)3-4-11(9)15/h3-4,7H,5-6,8,15H2,1-2H3. The van der Waals surface area contributed by atoms with Gasteiger partial charge in [0.05, 0.1) is 13.2 Å². The van der Waals surface area contributed by atoms with Crippen LogP contribution in [0.1, 0.15) is 5.56 Å². The second kappa shape index (κ2) is 6.59. The molecule has 0 radical (unpaired) electrons. The van der Waals surface area contributed by atoms with E-state index in [0.717, 1.165) is 17.6 Å². The first-order valence-electron chi connectivity index (χ1n) is 4.86. The first kappa shape index (κ1) is 13.1. The lowest BCUT2D eigenvalue weighted by Crippen LogP contribution is -2.18. The Morgan fingerprint density at radius 3 is 2.80 bits per heavy atom. The molecule has 0 aliphatic heterocycles. The molecule has 0 N–H and O–H groups in total. The molecule has 0 aliphatic carbocycles. The van der Waals surface area contributed by atoms with Crippen LogP contribution < -0.4 is 5.30 Å². The maximum atomic E-state index is 5.59. The Bertz CT molecular complexity index is 317. The summed E-state index contributed by atoms with van der Waals surface area (Å²) in [5, 5.41) is 1.20. The average molecular weight is 290 g/mol. The van der Waals surface area contributed by atoms with Gasteiger partial charge in [0.1, 0.15) is 0 Å². The van der Waals surface area contributed by atoms with Gasteiger partial charge in [0.15, 0.2) is 0 Å². The fourth-order valence-electron chi connectivity index (χ4n) is 1.13. The molecule has 0 amide bonds. The van der Waals surface area contributed by atoms with Crippen molar-refractivity contribution in [2.24, 2.45) is 0 Å². The number of hydrogen-bond donors (Lipinski definition) is 0. The number of ether oxygens (including phenoxy) is 1. The number of likely N-dealkylation sites (N-methyl/N-ethyl adjacent to an activating group) is 1. The van der Waals surface area contributed by atoms with Gasteiger partial charge in [-0.3, -0.25) is 0 Å². The quantitative estimate of drug-likeness (QED) is 0.608. The summed E-state index contributed by atoms with van der Waals surface area (Å²) >= 11 is 3.46. The molecule has 84 valence electrons. The number of rotatable bonds is 5. The van der Waals surface area contributed by atoms with E-state index in [-0.39, 0.29) is 0 Å². The lowest BCUT2D eigenvalue weighted by molar-refractivity contribution is 0.106. The van der Waals surface area contributed by atoms with E-state index < -0.39 is 0 Å². The van der Waals surface area contributed by atoms with Crippen molar-refractivity contribution in [1.82, 2.24) is 4.90 Å². The predicted molar refractivity (Wildman–Crippen MR) is 71.7 cm³/mol. The van der Waals surface area contributed by atoms with Crippen molar-refractivity contribution >= 4 is 30.5 Å². The van der Waals surface area contributed by atoms with Crippen molar-refractivity contribution in [2.45, 2.75) is 6.61 Å². The normalized spacial score (nSPS) is 11.0. The highest BCUT2D eigenvalue weighted by atomic mass is 79.9. The van der Waals surface area contributed by atoms with Crippen molar-refractivity contribution in [3.63, 3.8) is 0 Å². The second-order valence-electron chi connectivity index (χ2n) is 3.70. The molecule has 1 aromatic rings. The Balaban J connectivity index is 2.40. The zero-order valence-electron chi connectivity index (χ0n) is 9.16. The molecule has 0 saturated carbocycles. The maximum absolute atomic E-state index is 5.59. The van der Waals surface area contributed by atoms with Gasteiger partial charge >= 0.3 is 0 Å². The van der Waals surface area contributed by atoms with Gasteiger partial charge in [-0.2, -0.15) is 0 Å². The van der Waals surface area contributed by atoms with E-state index in [2.05, 4.69) is 42.2 Å². The van der Waals surface area contributed by atoms with Crippen LogP contribution in [0.4, 0.5) is 0 Å². The highest BCUT2D eigenvalue weighted by Gasteiger charge is 1.99. The Morgan fingerprint density at radius 2 is 2.13 bits per heavy atom. The van der Waals surface area contributed by atoms with Crippen LogP contribution >= 0.6 is 25.2 Å². The average Bonchev–Trinajstić information content (AvgIpc) is 2.17. The van der Waals surface area contributed by atoms with Crippen LogP contribution in [-0.2, 0) is 11.3 Å². The first-order chi connectivity index (χ1) is 7.09. The monoisotopic (exact) mass is 289 g/mol. The molecule has 1 atom stereocenters. The third kappa shape index (κ3) is 5.07. The zero-order chi connectivity index (χ0) is 11.3. The summed E-state index contributed by atoms with van der Waals surface area (Å²) < 4.78 is 6.69. The van der Waals surface area contributed by atoms with Crippen molar-refractivity contribution in [3.05, 3.63) is 28.2 Å². The van der Waals surface area contributed by atoms with E-state index in [1.807, 2.05) is 20.2 Å². The highest BCUT2D eigenvalue weighted by molar-refractivity contribution is 9.10. The van der Waals surface area contributed by atoms with Crippen molar-refractivity contribution in [3.8, 4) is 0 Å². The third-order valence-corrected chi connectivity index (χ3v) is 3.10. The summed E-state index contributed by atoms with van der Waals surface area (Å²) in [4.78, 5) is 2.11. The van der Waals surface area contributed by atoms with E-state index in [9.17, 15) is 0 Å². The van der Waals surface area contributed by atoms with Gasteiger partial charge in [-0.25, -0.2) is 0 Å². The lowest BCUT2D eigenvalue weighted by atomic mass is 10.2. The molecule has 1 unspecified atom stereocenters. The molecule has 0 fully saturated rings. The molecule has 2 nitrogen and oxygen atoms in total. The van der Waals surface area contributed by atoms with Crippen molar-refractivity contribution in [1.29, 1.82) is 0 Å². The van der Waals surface area contributed by atoms with Crippen LogP contribution in [0, 0.1) is 0 Å². The number of benzene rings is 1. The number of halogens is 1. The molecule has 0 saturated heterocycles. The Hall–Kier alpha value is 0.0500. The molecule has 0 bridgehead atoms. The van der Waals surface area contributed by atoms with Gasteiger partial charge in [0.25, 0.3) is 0 Å². The minimum atomic E-state index is 0.673. The summed E-state index contributed by atoms with van der Waals surface area (Å²) in [6.45, 7) is 2.40. The maximum Gasteiger partial charge on any atom is 0.0723 e. The summed E-state index contributed by atoms with van der Waals surface area (Å²) in [5.74, 6) is 0. The van der Waals surface area contributed by atoms with Crippen LogP contribution in [0.15, 0.2) is 22.7 Å². The van der Waals surface area contributed by atoms with Gasteiger partial charge in [-0.05, 0) is 37.1 Å². The molecule has 0 heterocycles. The van der Waals surface area contributed by atoms with E-state index in [4.69, 9.17) is 4.74 Å². The Labute approximate surface area is 102 Å². The minimum Gasteiger partial charge on any atom is -0.375 e. The smallest absolute Gasteiger partial charge is 0.0723 e. The summed E-state index contributed by atoms with van der Waals surface area (Å²) in [7, 11) is 6.82. The first-order valence-corrected chi connectivity index (χ1v) is 6.23. The van der Waals surface area contributed by atoms with E-state index in [1.54, 1.807) is 0 Å². The van der Waals surface area contributed by atoms with Crippen LogP contribution in [0.5, 0.6) is 0 Å². The van der Waals surface area contributed by atoms with Crippen LogP contribution in [-0.4, -0.2) is 32.1 Å². The van der Waals surface area contributed by atoms with Gasteiger partial charge < -0.3 is 9.64 Å². The fraction of sp³-hybridized carbons (Fsp3) is 0.455. The van der Waals surface area contributed by atoms with Crippen molar-refractivity contribution < 1.29 is 4.74 Å².